The van der Waals surface area contributed by atoms with Crippen molar-refractivity contribution >= 4 is 35.0 Å². The monoisotopic (exact) mass is 286 g/mol. The summed E-state index contributed by atoms with van der Waals surface area (Å²) in [4.78, 5) is 19.5. The molecule has 19 heavy (non-hydrogen) atoms. The maximum absolute atomic E-state index is 9.73. The number of hydrogen-bond acceptors (Lipinski definition) is 6. The van der Waals surface area contributed by atoms with Crippen LogP contribution in [-0.2, 0) is 19.1 Å². The first-order chi connectivity index (χ1) is 8.54. The van der Waals surface area contributed by atoms with Gasteiger partial charge in [0.2, 0.25) is 0 Å². The Kier molecular flexibility index (Phi) is 24.9. The molecular weight excluding hydrogens is 264 g/mol. The summed E-state index contributed by atoms with van der Waals surface area (Å²) < 4.78 is 9.35. The zero-order valence-electron chi connectivity index (χ0n) is 11.8. The van der Waals surface area contributed by atoms with Gasteiger partial charge in [0.25, 0.3) is 0 Å². The van der Waals surface area contributed by atoms with Crippen LogP contribution >= 0.6 is 0 Å². The van der Waals surface area contributed by atoms with E-state index in [0.717, 1.165) is 25.7 Å². The molecule has 0 aliphatic heterocycles. The van der Waals surface area contributed by atoms with E-state index in [9.17, 15) is 19.8 Å². The first kappa shape index (κ1) is 23.7. The second-order valence-corrected chi connectivity index (χ2v) is 3.56. The summed E-state index contributed by atoms with van der Waals surface area (Å²) >= 11 is 0. The van der Waals surface area contributed by atoms with Crippen molar-refractivity contribution in [2.75, 3.05) is 26.4 Å². The molecule has 0 amide bonds. The van der Waals surface area contributed by atoms with Gasteiger partial charge in [-0.15, -0.1) is 0 Å². The van der Waals surface area contributed by atoms with Crippen LogP contribution < -0.4 is 10.2 Å². The molecule has 0 heterocycles. The maximum Gasteiger partial charge on any atom is 2.00 e. The number of carbonyl (C=O) groups is 2. The van der Waals surface area contributed by atoms with E-state index >= 15 is 0 Å². The van der Waals surface area contributed by atoms with Gasteiger partial charge in [-0.2, -0.15) is 0 Å². The molecule has 0 radical (unpaired) electrons. The number of carbonyl (C=O) groups excluding carboxylic acids is 2. The standard InChI is InChI=1S/2C6H12O3.Mg/c2*1-2-3-4-9-5-6(7)8;/h2*2-5H2,1H3,(H,7,8);/q;;+2/p-2. The fourth-order valence-corrected chi connectivity index (χ4v) is 0.804. The molecule has 0 aromatic carbocycles. The Bertz CT molecular complexity index is 188. The first-order valence-corrected chi connectivity index (χ1v) is 6.09. The third-order valence-electron chi connectivity index (χ3n) is 1.72. The molecular formula is C12H22MgO6. The molecule has 0 aliphatic rings. The summed E-state index contributed by atoms with van der Waals surface area (Å²) in [7, 11) is 0. The van der Waals surface area contributed by atoms with Crippen LogP contribution in [-0.4, -0.2) is 61.4 Å². The van der Waals surface area contributed by atoms with Gasteiger partial charge in [0, 0.05) is 13.2 Å². The van der Waals surface area contributed by atoms with Crippen LogP contribution in [0.5, 0.6) is 0 Å². The van der Waals surface area contributed by atoms with Crippen molar-refractivity contribution in [3.63, 3.8) is 0 Å². The number of carboxylic acid groups (broad SMARTS) is 2. The molecule has 0 rings (SSSR count). The Labute approximate surface area is 130 Å². The normalized spacial score (nSPS) is 8.95. The number of unbranched alkanes of at least 4 members (excludes halogenated alkanes) is 2. The van der Waals surface area contributed by atoms with Crippen LogP contribution in [0.2, 0.25) is 0 Å². The molecule has 0 aromatic heterocycles. The molecule has 0 N–H and O–H groups in total. The van der Waals surface area contributed by atoms with Gasteiger partial charge in [0.1, 0.15) is 0 Å². The van der Waals surface area contributed by atoms with Crippen molar-refractivity contribution in [2.45, 2.75) is 39.5 Å². The van der Waals surface area contributed by atoms with E-state index in [1.54, 1.807) is 0 Å². The molecule has 0 aliphatic carbocycles. The molecule has 0 fully saturated rings. The van der Waals surface area contributed by atoms with Crippen LogP contribution in [0.15, 0.2) is 0 Å². The van der Waals surface area contributed by atoms with Gasteiger partial charge >= 0.3 is 23.1 Å². The summed E-state index contributed by atoms with van der Waals surface area (Å²) in [5.41, 5.74) is 0. The van der Waals surface area contributed by atoms with E-state index in [0.29, 0.717) is 13.2 Å². The van der Waals surface area contributed by atoms with Crippen molar-refractivity contribution in [2.24, 2.45) is 0 Å². The summed E-state index contributed by atoms with van der Waals surface area (Å²) in [6.07, 6.45) is 3.86. The molecule has 0 atom stereocenters. The molecule has 0 bridgehead atoms. The van der Waals surface area contributed by atoms with E-state index in [1.165, 1.54) is 0 Å². The van der Waals surface area contributed by atoms with E-state index in [4.69, 9.17) is 0 Å². The van der Waals surface area contributed by atoms with Crippen LogP contribution in [0, 0.1) is 0 Å². The number of hydrogen-bond donors (Lipinski definition) is 0. The Morgan fingerprint density at radius 1 is 0.842 bits per heavy atom. The van der Waals surface area contributed by atoms with Gasteiger partial charge in [0.15, 0.2) is 0 Å². The Morgan fingerprint density at radius 3 is 1.37 bits per heavy atom. The van der Waals surface area contributed by atoms with Crippen LogP contribution in [0.3, 0.4) is 0 Å². The minimum absolute atomic E-state index is 0. The van der Waals surface area contributed by atoms with Gasteiger partial charge in [-0.25, -0.2) is 0 Å². The Hall–Kier alpha value is -0.374. The summed E-state index contributed by atoms with van der Waals surface area (Å²) in [5, 5.41) is 19.5. The van der Waals surface area contributed by atoms with Crippen LogP contribution in [0.1, 0.15) is 39.5 Å². The van der Waals surface area contributed by atoms with Crippen molar-refractivity contribution < 1.29 is 29.3 Å². The third kappa shape index (κ3) is 31.8. The van der Waals surface area contributed by atoms with Crippen LogP contribution in [0.4, 0.5) is 0 Å². The van der Waals surface area contributed by atoms with E-state index < -0.39 is 11.9 Å². The average molecular weight is 287 g/mol. The van der Waals surface area contributed by atoms with Gasteiger partial charge < -0.3 is 29.3 Å². The number of carboxylic acids is 2. The molecule has 7 heteroatoms. The molecule has 0 unspecified atom stereocenters. The van der Waals surface area contributed by atoms with Crippen molar-refractivity contribution in [1.29, 1.82) is 0 Å². The zero-order chi connectivity index (χ0) is 14.2. The SMILES string of the molecule is CCCCOCC(=O)[O-].CCCCOCC(=O)[O-].[Mg+2]. The fourth-order valence-electron chi connectivity index (χ4n) is 0.804. The minimum Gasteiger partial charge on any atom is -0.548 e. The maximum atomic E-state index is 9.73. The topological polar surface area (TPSA) is 98.7 Å². The smallest absolute Gasteiger partial charge is 0.548 e. The molecule has 0 saturated heterocycles. The number of aliphatic carboxylic acids is 2. The molecule has 0 spiro atoms. The summed E-state index contributed by atoms with van der Waals surface area (Å²) in [6, 6.07) is 0. The second kappa shape index (κ2) is 20.0. The quantitative estimate of drug-likeness (QED) is 0.367. The Morgan fingerprint density at radius 2 is 1.16 bits per heavy atom. The Balaban J connectivity index is -0.000000256. The van der Waals surface area contributed by atoms with Crippen LogP contribution in [0.25, 0.3) is 0 Å². The predicted octanol–water partition coefficient (Wildman–Crippen LogP) is -1.27. The van der Waals surface area contributed by atoms with E-state index in [-0.39, 0.29) is 36.3 Å². The largest absolute Gasteiger partial charge is 2.00 e. The van der Waals surface area contributed by atoms with E-state index in [1.807, 2.05) is 13.8 Å². The van der Waals surface area contributed by atoms with Gasteiger partial charge in [-0.05, 0) is 12.8 Å². The number of rotatable bonds is 10. The predicted molar refractivity (Wildman–Crippen MR) is 67.2 cm³/mol. The summed E-state index contributed by atoms with van der Waals surface area (Å²) in [5.74, 6) is -2.29. The average Bonchev–Trinajstić information content (AvgIpc) is 2.31. The van der Waals surface area contributed by atoms with Gasteiger partial charge in [0.05, 0.1) is 25.2 Å². The third-order valence-corrected chi connectivity index (χ3v) is 1.72. The van der Waals surface area contributed by atoms with E-state index in [2.05, 4.69) is 9.47 Å². The van der Waals surface area contributed by atoms with Gasteiger partial charge in [-0.3, -0.25) is 0 Å². The minimum atomic E-state index is -1.15. The molecule has 0 aromatic rings. The molecule has 0 saturated carbocycles. The molecule has 108 valence electrons. The zero-order valence-corrected chi connectivity index (χ0v) is 13.2. The van der Waals surface area contributed by atoms with Crippen molar-refractivity contribution in [3.05, 3.63) is 0 Å². The first-order valence-electron chi connectivity index (χ1n) is 6.09. The fraction of sp³-hybridized carbons (Fsp3) is 0.833. The second-order valence-electron chi connectivity index (χ2n) is 3.56. The van der Waals surface area contributed by atoms with Crippen molar-refractivity contribution in [1.82, 2.24) is 0 Å². The summed E-state index contributed by atoms with van der Waals surface area (Å²) in [6.45, 7) is 4.51. The number of ether oxygens (including phenoxy) is 2. The molecule has 6 nitrogen and oxygen atoms in total. The van der Waals surface area contributed by atoms with Crippen molar-refractivity contribution in [3.8, 4) is 0 Å². The van der Waals surface area contributed by atoms with Gasteiger partial charge in [-0.1, -0.05) is 26.7 Å².